The Balaban J connectivity index is 0.000000125. The van der Waals surface area contributed by atoms with Crippen molar-refractivity contribution in [3.63, 3.8) is 0 Å². The van der Waals surface area contributed by atoms with Crippen molar-refractivity contribution in [2.24, 2.45) is 64.8 Å². The van der Waals surface area contributed by atoms with E-state index in [0.29, 0.717) is 134 Å². The molecule has 0 amide bonds. The van der Waals surface area contributed by atoms with Crippen LogP contribution in [0, 0.1) is 70.0 Å². The van der Waals surface area contributed by atoms with Crippen LogP contribution >= 0.6 is 11.6 Å². The number of aromatic nitrogens is 20. The van der Waals surface area contributed by atoms with Gasteiger partial charge < -0.3 is 47.1 Å². The average molecular weight is 1910 g/mol. The van der Waals surface area contributed by atoms with Crippen LogP contribution in [0.3, 0.4) is 0 Å². The Hall–Kier alpha value is -15.4. The molecule has 0 unspecified atom stereocenters. The molecular formula is C96H98ClF5N26O10. The first kappa shape index (κ1) is 95.8. The van der Waals surface area contributed by atoms with Crippen LogP contribution in [0.2, 0.25) is 5.02 Å². The predicted octanol–water partition coefficient (Wildman–Crippen LogP) is 12.7. The summed E-state index contributed by atoms with van der Waals surface area (Å²) in [4.78, 5) is 89.7. The van der Waals surface area contributed by atoms with Crippen LogP contribution in [-0.2, 0) is 67.3 Å². The van der Waals surface area contributed by atoms with E-state index in [4.69, 9.17) is 39.5 Å². The van der Waals surface area contributed by atoms with E-state index in [1.165, 1.54) is 89.6 Å². The molecule has 42 heteroatoms. The van der Waals surface area contributed by atoms with Gasteiger partial charge in [0, 0.05) is 142 Å². The number of hydrogen-bond acceptors (Lipinski definition) is 31. The number of anilines is 5. The molecule has 15 heterocycles. The Morgan fingerprint density at radius 1 is 0.304 bits per heavy atom. The fourth-order valence-electron chi connectivity index (χ4n) is 17.2. The monoisotopic (exact) mass is 1900 g/mol. The predicted molar refractivity (Wildman–Crippen MR) is 499 cm³/mol. The molecule has 138 heavy (non-hydrogen) atoms. The molecular weight excluding hydrogens is 1810 g/mol. The second kappa shape index (κ2) is 44.4. The van der Waals surface area contributed by atoms with Crippen LogP contribution in [0.15, 0.2) is 216 Å². The molecule has 36 nitrogen and oxygen atoms in total. The van der Waals surface area contributed by atoms with Gasteiger partial charge in [-0.15, -0.1) is 0 Å². The van der Waals surface area contributed by atoms with E-state index in [1.54, 1.807) is 89.8 Å². The first-order chi connectivity index (χ1) is 66.7. The molecule has 15 aromatic rings. The molecule has 5 aliphatic rings. The van der Waals surface area contributed by atoms with E-state index >= 15 is 0 Å². The number of nitrogens with zero attached hydrogens (tertiary/aromatic N) is 26. The normalized spacial score (nSPS) is 15.1. The van der Waals surface area contributed by atoms with Gasteiger partial charge in [0.25, 0.3) is 87.0 Å². The third kappa shape index (κ3) is 25.2. The molecule has 5 saturated heterocycles. The van der Waals surface area contributed by atoms with Gasteiger partial charge in [0.15, 0.2) is 11.6 Å². The largest absolute Gasteiger partial charge is 0.338 e. The Morgan fingerprint density at radius 3 is 0.884 bits per heavy atom. The smallest absolute Gasteiger partial charge is 0.279 e. The molecule has 10 aromatic heterocycles. The number of nitriles is 1. The van der Waals surface area contributed by atoms with Gasteiger partial charge in [-0.2, -0.15) is 55.7 Å². The van der Waals surface area contributed by atoms with Gasteiger partial charge in [-0.1, -0.05) is 60.1 Å². The lowest BCUT2D eigenvalue weighted by Gasteiger charge is -2.31. The van der Waals surface area contributed by atoms with Crippen LogP contribution in [0.5, 0.6) is 0 Å². The highest BCUT2D eigenvalue weighted by atomic mass is 35.5. The molecule has 0 N–H and O–H groups in total. The first-order valence-electron chi connectivity index (χ1n) is 45.3. The third-order valence-electron chi connectivity index (χ3n) is 24.8. The second-order valence-corrected chi connectivity index (χ2v) is 35.1. The van der Waals surface area contributed by atoms with E-state index < -0.39 is 23.3 Å². The molecule has 20 rings (SSSR count). The van der Waals surface area contributed by atoms with Crippen LogP contribution in [-0.4, -0.2) is 165 Å². The zero-order valence-electron chi connectivity index (χ0n) is 76.2. The van der Waals surface area contributed by atoms with E-state index in [0.717, 1.165) is 172 Å². The van der Waals surface area contributed by atoms with Crippen molar-refractivity contribution in [2.75, 3.05) is 89.9 Å². The summed E-state index contributed by atoms with van der Waals surface area (Å²) in [6, 6.07) is 47.8. The van der Waals surface area contributed by atoms with Crippen LogP contribution in [0.1, 0.15) is 97.6 Å². The first-order valence-corrected chi connectivity index (χ1v) is 45.7. The highest BCUT2D eigenvalue weighted by Crippen LogP contribution is 2.34. The quantitative estimate of drug-likeness (QED) is 0.0639. The fraction of sp³-hybridized carbons (Fsp3) is 0.365. The van der Waals surface area contributed by atoms with E-state index in [1.807, 2.05) is 28.0 Å². The van der Waals surface area contributed by atoms with Crippen molar-refractivity contribution < 1.29 is 44.6 Å². The third-order valence-corrected chi connectivity index (χ3v) is 25.0. The summed E-state index contributed by atoms with van der Waals surface area (Å²) in [6.07, 6.45) is 13.9. The van der Waals surface area contributed by atoms with Crippen molar-refractivity contribution in [3.05, 3.63) is 289 Å². The molecule has 0 saturated carbocycles. The van der Waals surface area contributed by atoms with Crippen molar-refractivity contribution in [3.8, 4) is 64.0 Å². The number of aryl methyl sites for hydroxylation is 5. The number of hydrogen-bond donors (Lipinski definition) is 0. The van der Waals surface area contributed by atoms with Gasteiger partial charge in [0.05, 0.1) is 11.6 Å². The number of rotatable bonds is 20. The Morgan fingerprint density at radius 2 is 0.587 bits per heavy atom. The molecule has 0 aliphatic carbocycles. The summed E-state index contributed by atoms with van der Waals surface area (Å²) in [6.45, 7) is 8.03. The van der Waals surface area contributed by atoms with Crippen molar-refractivity contribution >= 4 is 41.3 Å². The SMILES string of the molecule is Cn1nc(-c2nc(N3CCC(Cc4cc(Cl)cc(C#N)c4)CC3)no2)ccc1=O.Cn1nc(-c2nc(N3CCC(Cc4cc(F)cc(F)c4)CC3)no2)ccc1=O.Cn1nc(-c2nc(N3CCC(Cc4ccc(F)c(F)c4)CC3)no2)ccc1=O.Cn1nc(-c2nc(N3CCC(Cc4cccc(F)c4)CC3)no2)ccc1=O.Cn1nc(-c2nc(N3CCC(Cc4ccccc4)CC3)no2)ccc1=O. The highest BCUT2D eigenvalue weighted by Gasteiger charge is 2.31. The summed E-state index contributed by atoms with van der Waals surface area (Å²) < 4.78 is 99.2. The summed E-state index contributed by atoms with van der Waals surface area (Å²) >= 11 is 6.11. The van der Waals surface area contributed by atoms with Gasteiger partial charge >= 0.3 is 0 Å². The Bertz CT molecular complexity index is 7040. The molecule has 0 radical (unpaired) electrons. The van der Waals surface area contributed by atoms with Crippen LogP contribution in [0.25, 0.3) is 57.9 Å². The lowest BCUT2D eigenvalue weighted by molar-refractivity contribution is 0.389. The maximum atomic E-state index is 13.4. The topological polar surface area (TPSA) is 409 Å². The summed E-state index contributed by atoms with van der Waals surface area (Å²) in [5.41, 5.74) is 6.92. The molecule has 5 aliphatic heterocycles. The van der Waals surface area contributed by atoms with Crippen molar-refractivity contribution in [2.45, 2.75) is 96.3 Å². The van der Waals surface area contributed by atoms with E-state index in [-0.39, 0.29) is 45.4 Å². The zero-order chi connectivity index (χ0) is 96.5. The van der Waals surface area contributed by atoms with Crippen LogP contribution in [0.4, 0.5) is 51.7 Å². The molecule has 0 bridgehead atoms. The number of piperidine rings is 5. The van der Waals surface area contributed by atoms with Crippen molar-refractivity contribution in [1.82, 2.24) is 99.6 Å². The zero-order valence-corrected chi connectivity index (χ0v) is 77.0. The maximum Gasteiger partial charge on any atom is 0.279 e. The minimum atomic E-state index is -0.820. The average Bonchev–Trinajstić information content (AvgIpc) is 1.68. The standard InChI is InChI=1S/C20H19ClN6O2.2C19H19F2N5O2.C19H20FN5O2.C19H21N5O2/c1-26-18(28)3-2-17(24-26)19-23-20(25-29-19)27-6-4-13(5-7-27)8-14-9-15(12-22)11-16(21)10-14;1-25-17(27)3-2-16(23-25)18-22-19(24-28-18)26-6-4-12(5-7-26)8-13-9-14(20)11-15(21)10-13;1-25-17(27)5-4-16(23-25)18-22-19(24-28-18)26-8-6-12(7-9-26)10-13-2-3-14(20)15(21)11-13;1-24-17(26)6-5-16(22-24)18-21-19(23-27-18)25-9-7-13(8-10-25)11-14-3-2-4-15(20)12-14;1-23-17(25)8-7-16(21-23)18-20-19(22-26-18)24-11-9-15(10-12-24)13-14-5-3-2-4-6-14/h2-3,9-11,13H,4-8H2,1H3;2-3,9-12H,4-8H2,1H3;2-5,11-12H,6-10H2,1H3;2-6,12-13H,7-11H2,1H3;2-8,15H,9-13H2,1H3. The van der Waals surface area contributed by atoms with Gasteiger partial charge in [-0.3, -0.25) is 24.0 Å². The second-order valence-electron chi connectivity index (χ2n) is 34.7. The van der Waals surface area contributed by atoms with Gasteiger partial charge in [-0.25, -0.2) is 45.4 Å². The molecule has 0 spiro atoms. The molecule has 714 valence electrons. The van der Waals surface area contributed by atoms with Gasteiger partial charge in [0.2, 0.25) is 0 Å². The molecule has 0 atom stereocenters. The fourth-order valence-corrected chi connectivity index (χ4v) is 17.4. The summed E-state index contributed by atoms with van der Waals surface area (Å²) in [5, 5.41) is 50.6. The van der Waals surface area contributed by atoms with Crippen molar-refractivity contribution in [1.29, 1.82) is 5.26 Å². The minimum absolute atomic E-state index is 0.172. The molecule has 5 aromatic carbocycles. The van der Waals surface area contributed by atoms with E-state index in [9.17, 15) is 45.9 Å². The lowest BCUT2D eigenvalue weighted by atomic mass is 9.90. The van der Waals surface area contributed by atoms with E-state index in [2.05, 4.69) is 127 Å². The number of halogens is 6. The Labute approximate surface area is 791 Å². The number of benzene rings is 5. The van der Waals surface area contributed by atoms with Gasteiger partial charge in [0.1, 0.15) is 45.9 Å². The minimum Gasteiger partial charge on any atom is -0.338 e. The maximum absolute atomic E-state index is 13.4. The molecule has 5 fully saturated rings. The summed E-state index contributed by atoms with van der Waals surface area (Å²) in [7, 11) is 7.86. The van der Waals surface area contributed by atoms with Gasteiger partial charge in [-0.05, 0) is 264 Å². The summed E-state index contributed by atoms with van der Waals surface area (Å²) in [5.74, 6) is 3.59. The van der Waals surface area contributed by atoms with Crippen LogP contribution < -0.4 is 52.3 Å². The Kier molecular flexibility index (Phi) is 30.8. The lowest BCUT2D eigenvalue weighted by Crippen LogP contribution is -2.35. The highest BCUT2D eigenvalue weighted by molar-refractivity contribution is 6.30.